The highest BCUT2D eigenvalue weighted by atomic mass is 16.6. The number of nitrogens with one attached hydrogen (secondary N) is 1. The molecule has 0 spiro atoms. The smallest absolute Gasteiger partial charge is 0.272 e. The van der Waals surface area contributed by atoms with Gasteiger partial charge in [0.05, 0.1) is 24.2 Å². The summed E-state index contributed by atoms with van der Waals surface area (Å²) in [6.45, 7) is 3.85. The Kier molecular flexibility index (Phi) is 3.17. The lowest BCUT2D eigenvalue weighted by Gasteiger charge is -2.26. The minimum absolute atomic E-state index is 0.184. The third kappa shape index (κ3) is 2.37. The van der Waals surface area contributed by atoms with Gasteiger partial charge < -0.3 is 10.1 Å². The van der Waals surface area contributed by atoms with Crippen LogP contribution in [0.2, 0.25) is 0 Å². The van der Waals surface area contributed by atoms with Crippen LogP contribution in [-0.2, 0) is 11.3 Å². The van der Waals surface area contributed by atoms with Crippen LogP contribution in [0.15, 0.2) is 18.2 Å². The molecular formula is C11H14N2O3. The van der Waals surface area contributed by atoms with E-state index in [0.29, 0.717) is 18.2 Å². The fourth-order valence-corrected chi connectivity index (χ4v) is 1.58. The molecule has 0 unspecified atom stereocenters. The molecule has 1 aliphatic heterocycles. The van der Waals surface area contributed by atoms with Crippen LogP contribution in [0.5, 0.6) is 0 Å². The summed E-state index contributed by atoms with van der Waals surface area (Å²) in [7, 11) is 0. The number of hydrogen-bond acceptors (Lipinski definition) is 4. The molecule has 0 atom stereocenters. The topological polar surface area (TPSA) is 64.4 Å². The van der Waals surface area contributed by atoms with Gasteiger partial charge in [0.15, 0.2) is 0 Å². The van der Waals surface area contributed by atoms with Gasteiger partial charge in [0.2, 0.25) is 0 Å². The summed E-state index contributed by atoms with van der Waals surface area (Å²) < 4.78 is 5.03. The van der Waals surface area contributed by atoms with E-state index in [1.807, 2.05) is 6.07 Å². The molecule has 2 rings (SSSR count). The van der Waals surface area contributed by atoms with Crippen molar-refractivity contribution in [1.29, 1.82) is 0 Å². The molecule has 0 saturated carbocycles. The van der Waals surface area contributed by atoms with Gasteiger partial charge in [-0.2, -0.15) is 0 Å². The maximum atomic E-state index is 10.7. The third-order valence-corrected chi connectivity index (χ3v) is 2.70. The summed E-state index contributed by atoms with van der Waals surface area (Å²) in [5.74, 6) is 0. The average Bonchev–Trinajstić information content (AvgIpc) is 2.17. The third-order valence-electron chi connectivity index (χ3n) is 2.70. The summed E-state index contributed by atoms with van der Waals surface area (Å²) in [4.78, 5) is 10.4. The molecule has 1 heterocycles. The highest BCUT2D eigenvalue weighted by molar-refractivity contribution is 5.42. The van der Waals surface area contributed by atoms with E-state index in [1.165, 1.54) is 0 Å². The maximum absolute atomic E-state index is 10.7. The Morgan fingerprint density at radius 3 is 2.88 bits per heavy atom. The summed E-state index contributed by atoms with van der Waals surface area (Å²) in [5, 5.41) is 14.0. The Labute approximate surface area is 93.6 Å². The van der Waals surface area contributed by atoms with Crippen LogP contribution in [0.4, 0.5) is 5.69 Å². The molecule has 1 aromatic rings. The van der Waals surface area contributed by atoms with Gasteiger partial charge in [-0.1, -0.05) is 12.1 Å². The highest BCUT2D eigenvalue weighted by Gasteiger charge is 2.17. The minimum Gasteiger partial charge on any atom is -0.378 e. The molecule has 1 N–H and O–H groups in total. The normalized spacial score (nSPS) is 15.8. The number of aryl methyl sites for hydroxylation is 1. The first-order chi connectivity index (χ1) is 7.66. The summed E-state index contributed by atoms with van der Waals surface area (Å²) in [6, 6.07) is 5.71. The van der Waals surface area contributed by atoms with Crippen LogP contribution < -0.4 is 5.32 Å². The van der Waals surface area contributed by atoms with Crippen molar-refractivity contribution in [3.63, 3.8) is 0 Å². The number of ether oxygens (including phenoxy) is 1. The number of nitro benzene ring substituents is 1. The average molecular weight is 222 g/mol. The first-order valence-corrected chi connectivity index (χ1v) is 5.22. The molecule has 5 heteroatoms. The monoisotopic (exact) mass is 222 g/mol. The van der Waals surface area contributed by atoms with Gasteiger partial charge in [0.25, 0.3) is 5.69 Å². The van der Waals surface area contributed by atoms with E-state index in [1.54, 1.807) is 19.1 Å². The van der Waals surface area contributed by atoms with Crippen LogP contribution >= 0.6 is 0 Å². The first kappa shape index (κ1) is 11.0. The van der Waals surface area contributed by atoms with Crippen molar-refractivity contribution in [2.45, 2.75) is 19.5 Å². The standard InChI is InChI=1S/C11H14N2O3/c1-8-2-3-9(4-11(8)13(14)15)5-12-10-6-16-7-10/h2-4,10,12H,5-7H2,1H3. The predicted octanol–water partition coefficient (Wildman–Crippen LogP) is 1.39. The second kappa shape index (κ2) is 4.59. The molecule has 0 radical (unpaired) electrons. The number of hydrogen-bond donors (Lipinski definition) is 1. The zero-order valence-electron chi connectivity index (χ0n) is 9.10. The molecular weight excluding hydrogens is 208 g/mol. The van der Waals surface area contributed by atoms with Crippen LogP contribution in [-0.4, -0.2) is 24.2 Å². The van der Waals surface area contributed by atoms with Gasteiger partial charge in [0.1, 0.15) is 0 Å². The Bertz CT molecular complexity index is 402. The van der Waals surface area contributed by atoms with E-state index in [9.17, 15) is 10.1 Å². The molecule has 0 aromatic heterocycles. The van der Waals surface area contributed by atoms with Crippen molar-refractivity contribution in [3.8, 4) is 0 Å². The molecule has 86 valence electrons. The van der Waals surface area contributed by atoms with Crippen molar-refractivity contribution in [2.75, 3.05) is 13.2 Å². The van der Waals surface area contributed by atoms with Crippen molar-refractivity contribution in [1.82, 2.24) is 5.32 Å². The van der Waals surface area contributed by atoms with Crippen molar-refractivity contribution >= 4 is 5.69 Å². The molecule has 1 saturated heterocycles. The Balaban J connectivity index is 2.03. The van der Waals surface area contributed by atoms with Gasteiger partial charge in [0, 0.05) is 18.2 Å². The lowest BCUT2D eigenvalue weighted by molar-refractivity contribution is -0.385. The van der Waals surface area contributed by atoms with Crippen molar-refractivity contribution < 1.29 is 9.66 Å². The van der Waals surface area contributed by atoms with E-state index in [-0.39, 0.29) is 10.6 Å². The summed E-state index contributed by atoms with van der Waals surface area (Å²) >= 11 is 0. The van der Waals surface area contributed by atoms with Gasteiger partial charge in [-0.15, -0.1) is 0 Å². The van der Waals surface area contributed by atoms with E-state index in [0.717, 1.165) is 18.8 Å². The Hall–Kier alpha value is -1.46. The second-order valence-electron chi connectivity index (χ2n) is 3.99. The van der Waals surface area contributed by atoms with Crippen LogP contribution in [0.25, 0.3) is 0 Å². The van der Waals surface area contributed by atoms with Gasteiger partial charge >= 0.3 is 0 Å². The van der Waals surface area contributed by atoms with Gasteiger partial charge in [-0.05, 0) is 12.5 Å². The van der Waals surface area contributed by atoms with E-state index in [4.69, 9.17) is 4.74 Å². The largest absolute Gasteiger partial charge is 0.378 e. The molecule has 0 amide bonds. The molecule has 1 aliphatic rings. The zero-order chi connectivity index (χ0) is 11.5. The molecule has 0 bridgehead atoms. The molecule has 1 fully saturated rings. The zero-order valence-corrected chi connectivity index (χ0v) is 9.10. The van der Waals surface area contributed by atoms with Crippen LogP contribution in [0, 0.1) is 17.0 Å². The van der Waals surface area contributed by atoms with E-state index >= 15 is 0 Å². The lowest BCUT2D eigenvalue weighted by atomic mass is 10.1. The Morgan fingerprint density at radius 1 is 1.56 bits per heavy atom. The molecule has 5 nitrogen and oxygen atoms in total. The number of rotatable bonds is 4. The molecule has 0 aliphatic carbocycles. The predicted molar refractivity (Wildman–Crippen MR) is 59.3 cm³/mol. The molecule has 16 heavy (non-hydrogen) atoms. The second-order valence-corrected chi connectivity index (χ2v) is 3.99. The SMILES string of the molecule is Cc1ccc(CNC2COC2)cc1[N+](=O)[O-]. The van der Waals surface area contributed by atoms with E-state index < -0.39 is 0 Å². The quantitative estimate of drug-likeness (QED) is 0.617. The number of nitro groups is 1. The Morgan fingerprint density at radius 2 is 2.31 bits per heavy atom. The minimum atomic E-state index is -0.342. The first-order valence-electron chi connectivity index (χ1n) is 5.22. The number of nitrogens with zero attached hydrogens (tertiary/aromatic N) is 1. The lowest BCUT2D eigenvalue weighted by Crippen LogP contribution is -2.45. The number of benzene rings is 1. The van der Waals surface area contributed by atoms with Crippen molar-refractivity contribution in [3.05, 3.63) is 39.4 Å². The fourth-order valence-electron chi connectivity index (χ4n) is 1.58. The van der Waals surface area contributed by atoms with Crippen molar-refractivity contribution in [2.24, 2.45) is 0 Å². The maximum Gasteiger partial charge on any atom is 0.272 e. The van der Waals surface area contributed by atoms with Gasteiger partial charge in [-0.3, -0.25) is 10.1 Å². The summed E-state index contributed by atoms with van der Waals surface area (Å²) in [6.07, 6.45) is 0. The highest BCUT2D eigenvalue weighted by Crippen LogP contribution is 2.19. The fraction of sp³-hybridized carbons (Fsp3) is 0.455. The summed E-state index contributed by atoms with van der Waals surface area (Å²) in [5.41, 5.74) is 1.81. The van der Waals surface area contributed by atoms with E-state index in [2.05, 4.69) is 5.32 Å². The molecule has 1 aromatic carbocycles. The van der Waals surface area contributed by atoms with Gasteiger partial charge in [-0.25, -0.2) is 0 Å². The van der Waals surface area contributed by atoms with Crippen LogP contribution in [0.3, 0.4) is 0 Å². The van der Waals surface area contributed by atoms with Crippen LogP contribution in [0.1, 0.15) is 11.1 Å².